The molecular formula is C8H18AlNO. The van der Waals surface area contributed by atoms with Gasteiger partial charge in [-0.05, 0) is 24.3 Å². The van der Waals surface area contributed by atoms with Gasteiger partial charge in [0.2, 0.25) is 16.3 Å². The van der Waals surface area contributed by atoms with Gasteiger partial charge in [0.1, 0.15) is 0 Å². The Labute approximate surface area is 76.8 Å². The number of aliphatic hydroxyl groups is 1. The predicted molar refractivity (Wildman–Crippen MR) is 49.6 cm³/mol. The van der Waals surface area contributed by atoms with Crippen LogP contribution in [0.5, 0.6) is 0 Å². The van der Waals surface area contributed by atoms with E-state index >= 15 is 0 Å². The van der Waals surface area contributed by atoms with E-state index in [1.807, 2.05) is 7.05 Å². The van der Waals surface area contributed by atoms with Crippen molar-refractivity contribution in [2.75, 3.05) is 13.6 Å². The van der Waals surface area contributed by atoms with E-state index in [-0.39, 0.29) is 10.4 Å². The number of rotatable bonds is 2. The van der Waals surface area contributed by atoms with Crippen LogP contribution in [-0.2, 0) is 0 Å². The molecule has 0 bridgehead atoms. The summed E-state index contributed by atoms with van der Waals surface area (Å²) < 4.78 is 0.271. The molecule has 3 heteroatoms. The average molecular weight is 171 g/mol. The lowest BCUT2D eigenvalue weighted by molar-refractivity contribution is 0.0817. The molecule has 1 aliphatic carbocycles. The first-order chi connectivity index (χ1) is 5.19. The molecule has 2 N–H and O–H groups in total. The maximum absolute atomic E-state index is 9.75. The molecular weight excluding hydrogens is 153 g/mol. The highest BCUT2D eigenvalue weighted by Gasteiger charge is 2.33. The Kier molecular flexibility index (Phi) is 3.39. The van der Waals surface area contributed by atoms with E-state index in [4.69, 9.17) is 0 Å². The Morgan fingerprint density at radius 2 is 2.36 bits per heavy atom. The van der Waals surface area contributed by atoms with Crippen LogP contribution in [0.2, 0.25) is 4.28 Å². The van der Waals surface area contributed by atoms with Crippen molar-refractivity contribution in [3.05, 3.63) is 0 Å². The second-order valence-corrected chi connectivity index (χ2v) is 5.94. The smallest absolute Gasteiger partial charge is 0.227 e. The van der Waals surface area contributed by atoms with Crippen molar-refractivity contribution < 1.29 is 5.11 Å². The van der Waals surface area contributed by atoms with Gasteiger partial charge in [0.15, 0.2) is 0 Å². The Balaban J connectivity index is 2.49. The highest BCUT2D eigenvalue weighted by molar-refractivity contribution is 6.16. The third-order valence-electron chi connectivity index (χ3n) is 2.86. The maximum atomic E-state index is 9.75. The molecule has 1 rings (SSSR count). The van der Waals surface area contributed by atoms with Gasteiger partial charge in [0.05, 0.1) is 0 Å². The molecule has 0 aromatic rings. The molecule has 0 saturated heterocycles. The van der Waals surface area contributed by atoms with Crippen LogP contribution in [0.25, 0.3) is 0 Å². The third kappa shape index (κ3) is 2.19. The van der Waals surface area contributed by atoms with Crippen molar-refractivity contribution in [3.8, 4) is 0 Å². The van der Waals surface area contributed by atoms with Crippen LogP contribution < -0.4 is 5.32 Å². The zero-order chi connectivity index (χ0) is 8.32. The molecule has 0 aromatic heterocycles. The Morgan fingerprint density at radius 3 is 2.91 bits per heavy atom. The molecule has 2 unspecified atom stereocenters. The SMILES string of the molecule is CNC[C]1([AlH2])CCCCC1O. The summed E-state index contributed by atoms with van der Waals surface area (Å²) in [5.41, 5.74) is 0. The second kappa shape index (κ2) is 3.91. The summed E-state index contributed by atoms with van der Waals surface area (Å²) >= 11 is 1.11. The second-order valence-electron chi connectivity index (χ2n) is 3.95. The van der Waals surface area contributed by atoms with Gasteiger partial charge >= 0.3 is 0 Å². The van der Waals surface area contributed by atoms with Gasteiger partial charge < -0.3 is 10.4 Å². The molecule has 2 atom stereocenters. The van der Waals surface area contributed by atoms with Crippen molar-refractivity contribution >= 4 is 16.3 Å². The molecule has 0 heterocycles. The van der Waals surface area contributed by atoms with Crippen molar-refractivity contribution in [2.24, 2.45) is 0 Å². The topological polar surface area (TPSA) is 32.3 Å². The van der Waals surface area contributed by atoms with E-state index in [1.54, 1.807) is 0 Å². The van der Waals surface area contributed by atoms with E-state index < -0.39 is 0 Å². The van der Waals surface area contributed by atoms with Gasteiger partial charge in [-0.25, -0.2) is 0 Å². The van der Waals surface area contributed by atoms with Crippen LogP contribution in [0.15, 0.2) is 0 Å². The number of aliphatic hydroxyl groups excluding tert-OH is 1. The van der Waals surface area contributed by atoms with Crippen molar-refractivity contribution in [1.82, 2.24) is 5.32 Å². The van der Waals surface area contributed by atoms with E-state index in [0.29, 0.717) is 0 Å². The third-order valence-corrected chi connectivity index (χ3v) is 4.38. The van der Waals surface area contributed by atoms with Crippen LogP contribution >= 0.6 is 0 Å². The molecule has 0 spiro atoms. The first-order valence-corrected chi connectivity index (χ1v) is 5.52. The minimum Gasteiger partial charge on any atom is -0.394 e. The minimum atomic E-state index is -0.0321. The van der Waals surface area contributed by atoms with Crippen LogP contribution in [0.4, 0.5) is 0 Å². The largest absolute Gasteiger partial charge is 0.394 e. The first kappa shape index (κ1) is 9.54. The Hall–Kier alpha value is 0.452. The Morgan fingerprint density at radius 1 is 1.64 bits per heavy atom. The fraction of sp³-hybridized carbons (Fsp3) is 1.00. The Bertz CT molecular complexity index is 127. The molecule has 1 saturated carbocycles. The molecule has 11 heavy (non-hydrogen) atoms. The van der Waals surface area contributed by atoms with Gasteiger partial charge in [0, 0.05) is 6.10 Å². The summed E-state index contributed by atoms with van der Waals surface area (Å²) in [5, 5.41) is 12.9. The van der Waals surface area contributed by atoms with Gasteiger partial charge in [-0.15, -0.1) is 0 Å². The van der Waals surface area contributed by atoms with E-state index in [9.17, 15) is 5.11 Å². The maximum Gasteiger partial charge on any atom is 0.227 e. The number of hydrogen-bond donors (Lipinski definition) is 2. The highest BCUT2D eigenvalue weighted by atomic mass is 27.0. The van der Waals surface area contributed by atoms with Gasteiger partial charge in [-0.1, -0.05) is 19.3 Å². The van der Waals surface area contributed by atoms with Gasteiger partial charge in [0.25, 0.3) is 0 Å². The number of nitrogens with one attached hydrogen (secondary N) is 1. The summed E-state index contributed by atoms with van der Waals surface area (Å²) in [5.74, 6) is 0. The summed E-state index contributed by atoms with van der Waals surface area (Å²) in [6.45, 7) is 1.00. The highest BCUT2D eigenvalue weighted by Crippen LogP contribution is 2.39. The zero-order valence-electron chi connectivity index (χ0n) is 7.56. The molecule has 0 aliphatic heterocycles. The standard InChI is InChI=1S/C8H16NO.Al.2H/c1-9-6-7-4-2-3-5-8(7)10;;;/h8-10H,2-6H2,1H3;;;. The average Bonchev–Trinajstić information content (AvgIpc) is 1.96. The van der Waals surface area contributed by atoms with Gasteiger partial charge in [-0.3, -0.25) is 0 Å². The van der Waals surface area contributed by atoms with E-state index in [1.165, 1.54) is 19.3 Å². The molecule has 0 amide bonds. The van der Waals surface area contributed by atoms with Crippen molar-refractivity contribution in [3.63, 3.8) is 0 Å². The molecule has 0 aromatic carbocycles. The van der Waals surface area contributed by atoms with Crippen LogP contribution in [0, 0.1) is 0 Å². The zero-order valence-corrected chi connectivity index (χ0v) is 9.56. The molecule has 64 valence electrons. The van der Waals surface area contributed by atoms with Crippen LogP contribution in [0.1, 0.15) is 25.7 Å². The molecule has 0 radical (unpaired) electrons. The fourth-order valence-electron chi connectivity index (χ4n) is 1.99. The van der Waals surface area contributed by atoms with Gasteiger partial charge in [-0.2, -0.15) is 0 Å². The quantitative estimate of drug-likeness (QED) is 0.570. The molecule has 1 aliphatic rings. The lowest BCUT2D eigenvalue weighted by Gasteiger charge is -2.38. The molecule has 1 fully saturated rings. The fourth-order valence-corrected chi connectivity index (χ4v) is 2.99. The van der Waals surface area contributed by atoms with E-state index in [0.717, 1.165) is 29.3 Å². The van der Waals surface area contributed by atoms with Crippen molar-refractivity contribution in [1.29, 1.82) is 0 Å². The van der Waals surface area contributed by atoms with Crippen molar-refractivity contribution in [2.45, 2.75) is 36.1 Å². The minimum absolute atomic E-state index is 0.0321. The lowest BCUT2D eigenvalue weighted by atomic mass is 9.85. The summed E-state index contributed by atoms with van der Waals surface area (Å²) in [7, 11) is 1.97. The summed E-state index contributed by atoms with van der Waals surface area (Å²) in [6.07, 6.45) is 4.74. The number of hydrogen-bond acceptors (Lipinski definition) is 2. The van der Waals surface area contributed by atoms with Crippen LogP contribution in [0.3, 0.4) is 0 Å². The summed E-state index contributed by atoms with van der Waals surface area (Å²) in [4.78, 5) is 0. The van der Waals surface area contributed by atoms with E-state index in [2.05, 4.69) is 5.32 Å². The normalized spacial score (nSPS) is 38.9. The van der Waals surface area contributed by atoms with Crippen LogP contribution in [-0.4, -0.2) is 41.1 Å². The predicted octanol–water partition coefficient (Wildman–Crippen LogP) is -0.0675. The first-order valence-electron chi connectivity index (χ1n) is 4.52. The lowest BCUT2D eigenvalue weighted by Crippen LogP contribution is -2.39. The summed E-state index contributed by atoms with van der Waals surface area (Å²) in [6, 6.07) is 0. The monoisotopic (exact) mass is 171 g/mol. The molecule has 2 nitrogen and oxygen atoms in total.